The van der Waals surface area contributed by atoms with Gasteiger partial charge in [-0.05, 0) is 50.2 Å². The first-order valence-corrected chi connectivity index (χ1v) is 10.1. The van der Waals surface area contributed by atoms with Crippen LogP contribution in [0.15, 0.2) is 24.4 Å². The predicted octanol–water partition coefficient (Wildman–Crippen LogP) is 3.32. The first kappa shape index (κ1) is 18.8. The summed E-state index contributed by atoms with van der Waals surface area (Å²) >= 11 is 0. The molecule has 2 heterocycles. The summed E-state index contributed by atoms with van der Waals surface area (Å²) in [6.07, 6.45) is 6.61. The molecule has 4 rings (SSSR count). The third kappa shape index (κ3) is 3.86. The summed E-state index contributed by atoms with van der Waals surface area (Å²) in [6.45, 7) is 4.78. The average molecular weight is 383 g/mol. The molecule has 0 radical (unpaired) electrons. The smallest absolute Gasteiger partial charge is 0.257 e. The van der Waals surface area contributed by atoms with Gasteiger partial charge in [0, 0.05) is 44.0 Å². The lowest BCUT2D eigenvalue weighted by atomic mass is 10.0. The number of ether oxygens (including phenoxy) is 2. The number of hydrogen-bond donors (Lipinski definition) is 0. The second kappa shape index (κ2) is 7.86. The predicted molar refractivity (Wildman–Crippen MR) is 107 cm³/mol. The van der Waals surface area contributed by atoms with Gasteiger partial charge in [0.2, 0.25) is 0 Å². The number of rotatable bonds is 7. The van der Waals surface area contributed by atoms with E-state index in [9.17, 15) is 4.79 Å². The normalized spacial score (nSPS) is 19.1. The molecule has 1 aromatic heterocycles. The summed E-state index contributed by atoms with van der Waals surface area (Å²) in [5.74, 6) is 3.72. The van der Waals surface area contributed by atoms with Crippen LogP contribution in [0, 0.1) is 18.8 Å². The summed E-state index contributed by atoms with van der Waals surface area (Å²) in [7, 11) is 3.19. The van der Waals surface area contributed by atoms with Gasteiger partial charge in [-0.15, -0.1) is 0 Å². The Balaban J connectivity index is 1.42. The minimum Gasteiger partial charge on any atom is -0.497 e. The van der Waals surface area contributed by atoms with Gasteiger partial charge in [0.25, 0.3) is 5.91 Å². The molecule has 1 saturated heterocycles. The van der Waals surface area contributed by atoms with Crippen molar-refractivity contribution in [3.8, 4) is 11.5 Å². The highest BCUT2D eigenvalue weighted by Gasteiger charge is 2.30. The van der Waals surface area contributed by atoms with Crippen LogP contribution in [0.5, 0.6) is 11.5 Å². The number of methoxy groups -OCH3 is 2. The molecule has 1 aliphatic carbocycles. The maximum atomic E-state index is 13.0. The van der Waals surface area contributed by atoms with Gasteiger partial charge in [0.1, 0.15) is 17.3 Å². The summed E-state index contributed by atoms with van der Waals surface area (Å²) < 4.78 is 13.0. The molecular weight excluding hydrogens is 354 g/mol. The number of carbonyl (C=O) groups is 1. The topological polar surface area (TPSA) is 56.6 Å². The standard InChI is InChI=1S/C22H29N3O3/c1-15-12-23-21(25(15)14-16-4-5-16)10-17-8-9-24(13-17)22(26)19-7-6-18(27-2)11-20(19)28-3/h6-7,11-12,16-17H,4-5,8-10,13-14H2,1-3H3. The quantitative estimate of drug-likeness (QED) is 0.736. The fraction of sp³-hybridized carbons (Fsp3) is 0.545. The van der Waals surface area contributed by atoms with E-state index in [1.807, 2.05) is 11.1 Å². The highest BCUT2D eigenvalue weighted by atomic mass is 16.5. The highest BCUT2D eigenvalue weighted by molar-refractivity contribution is 5.97. The van der Waals surface area contributed by atoms with Crippen LogP contribution in [0.4, 0.5) is 0 Å². The summed E-state index contributed by atoms with van der Waals surface area (Å²) in [5.41, 5.74) is 1.84. The molecule has 0 bridgehead atoms. The van der Waals surface area contributed by atoms with Crippen LogP contribution in [0.2, 0.25) is 0 Å². The van der Waals surface area contributed by atoms with Crippen LogP contribution in [0.1, 0.15) is 41.1 Å². The number of aromatic nitrogens is 2. The number of nitrogens with zero attached hydrogens (tertiary/aromatic N) is 3. The Labute approximate surface area is 166 Å². The Bertz CT molecular complexity index is 857. The number of likely N-dealkylation sites (tertiary alicyclic amines) is 1. The monoisotopic (exact) mass is 383 g/mol. The van der Waals surface area contributed by atoms with Gasteiger partial charge in [-0.3, -0.25) is 4.79 Å². The van der Waals surface area contributed by atoms with Crippen molar-refractivity contribution in [3.63, 3.8) is 0 Å². The molecule has 6 heteroatoms. The maximum absolute atomic E-state index is 13.0. The molecule has 2 aliphatic rings. The summed E-state index contributed by atoms with van der Waals surface area (Å²) in [5, 5.41) is 0. The SMILES string of the molecule is COc1ccc(C(=O)N2CCC(Cc3ncc(C)n3CC3CC3)C2)c(OC)c1. The second-order valence-electron chi connectivity index (χ2n) is 8.05. The maximum Gasteiger partial charge on any atom is 0.257 e. The van der Waals surface area contributed by atoms with Gasteiger partial charge in [0.15, 0.2) is 0 Å². The molecule has 1 amide bonds. The lowest BCUT2D eigenvalue weighted by Gasteiger charge is -2.19. The van der Waals surface area contributed by atoms with Crippen LogP contribution in [0.25, 0.3) is 0 Å². The van der Waals surface area contributed by atoms with Crippen LogP contribution in [-0.4, -0.2) is 47.7 Å². The molecule has 28 heavy (non-hydrogen) atoms. The zero-order valence-corrected chi connectivity index (χ0v) is 17.0. The summed E-state index contributed by atoms with van der Waals surface area (Å²) in [6, 6.07) is 5.36. The zero-order chi connectivity index (χ0) is 19.7. The molecule has 1 saturated carbocycles. The van der Waals surface area contributed by atoms with Gasteiger partial charge in [-0.25, -0.2) is 4.98 Å². The van der Waals surface area contributed by atoms with Gasteiger partial charge >= 0.3 is 0 Å². The van der Waals surface area contributed by atoms with Crippen LogP contribution < -0.4 is 9.47 Å². The van der Waals surface area contributed by atoms with Crippen molar-refractivity contribution in [2.24, 2.45) is 11.8 Å². The van der Waals surface area contributed by atoms with Crippen molar-refractivity contribution >= 4 is 5.91 Å². The van der Waals surface area contributed by atoms with Gasteiger partial charge < -0.3 is 18.9 Å². The first-order chi connectivity index (χ1) is 13.6. The van der Waals surface area contributed by atoms with E-state index in [0.29, 0.717) is 23.0 Å². The van der Waals surface area contributed by atoms with E-state index < -0.39 is 0 Å². The zero-order valence-electron chi connectivity index (χ0n) is 17.0. The van der Waals surface area contributed by atoms with Crippen molar-refractivity contribution in [2.45, 2.75) is 39.2 Å². The number of imidazole rings is 1. The van der Waals surface area contributed by atoms with E-state index in [1.165, 1.54) is 24.4 Å². The molecule has 0 spiro atoms. The van der Waals surface area contributed by atoms with Gasteiger partial charge in [-0.2, -0.15) is 0 Å². The van der Waals surface area contributed by atoms with Crippen molar-refractivity contribution in [1.82, 2.24) is 14.5 Å². The lowest BCUT2D eigenvalue weighted by molar-refractivity contribution is 0.0783. The Kier molecular flexibility index (Phi) is 5.29. The van der Waals surface area contributed by atoms with Gasteiger partial charge in [0.05, 0.1) is 19.8 Å². The van der Waals surface area contributed by atoms with Crippen LogP contribution in [-0.2, 0) is 13.0 Å². The van der Waals surface area contributed by atoms with Crippen molar-refractivity contribution in [3.05, 3.63) is 41.5 Å². The Hall–Kier alpha value is -2.50. The van der Waals surface area contributed by atoms with E-state index in [1.54, 1.807) is 32.4 Å². The molecule has 2 aromatic rings. The molecule has 6 nitrogen and oxygen atoms in total. The fourth-order valence-electron chi connectivity index (χ4n) is 4.07. The third-order valence-corrected chi connectivity index (χ3v) is 5.96. The van der Waals surface area contributed by atoms with E-state index in [-0.39, 0.29) is 5.91 Å². The second-order valence-corrected chi connectivity index (χ2v) is 8.05. The molecule has 1 aliphatic heterocycles. The Morgan fingerprint density at radius 1 is 1.18 bits per heavy atom. The number of hydrogen-bond acceptors (Lipinski definition) is 4. The molecule has 1 unspecified atom stereocenters. The van der Waals surface area contributed by atoms with E-state index in [0.717, 1.165) is 38.4 Å². The molecule has 2 fully saturated rings. The number of amides is 1. The Morgan fingerprint density at radius 2 is 2.00 bits per heavy atom. The number of benzene rings is 1. The first-order valence-electron chi connectivity index (χ1n) is 10.1. The largest absolute Gasteiger partial charge is 0.497 e. The molecule has 150 valence electrons. The average Bonchev–Trinajstić information content (AvgIpc) is 3.32. The third-order valence-electron chi connectivity index (χ3n) is 5.96. The molecule has 0 N–H and O–H groups in total. The van der Waals surface area contributed by atoms with E-state index >= 15 is 0 Å². The van der Waals surface area contributed by atoms with Crippen LogP contribution in [0.3, 0.4) is 0 Å². The Morgan fingerprint density at radius 3 is 2.71 bits per heavy atom. The van der Waals surface area contributed by atoms with Crippen LogP contribution >= 0.6 is 0 Å². The molecule has 1 aromatic carbocycles. The van der Waals surface area contributed by atoms with Crippen molar-refractivity contribution in [1.29, 1.82) is 0 Å². The molecular formula is C22H29N3O3. The van der Waals surface area contributed by atoms with E-state index in [2.05, 4.69) is 16.5 Å². The highest BCUT2D eigenvalue weighted by Crippen LogP contribution is 2.32. The molecule has 1 atom stereocenters. The van der Waals surface area contributed by atoms with E-state index in [4.69, 9.17) is 9.47 Å². The van der Waals surface area contributed by atoms with Crippen molar-refractivity contribution < 1.29 is 14.3 Å². The number of aryl methyl sites for hydroxylation is 1. The van der Waals surface area contributed by atoms with Gasteiger partial charge in [-0.1, -0.05) is 0 Å². The number of carbonyl (C=O) groups excluding carboxylic acids is 1. The fourth-order valence-corrected chi connectivity index (χ4v) is 4.07. The minimum absolute atomic E-state index is 0.0273. The minimum atomic E-state index is 0.0273. The summed E-state index contributed by atoms with van der Waals surface area (Å²) in [4.78, 5) is 19.6. The lowest BCUT2D eigenvalue weighted by Crippen LogP contribution is -2.29. The van der Waals surface area contributed by atoms with Crippen molar-refractivity contribution in [2.75, 3.05) is 27.3 Å².